The van der Waals surface area contributed by atoms with Gasteiger partial charge >= 0.3 is 0 Å². The Labute approximate surface area is 110 Å². The third kappa shape index (κ3) is 4.38. The van der Waals surface area contributed by atoms with Crippen LogP contribution < -0.4 is 11.1 Å². The minimum atomic E-state index is -0.460. The first-order valence-corrected chi connectivity index (χ1v) is 5.92. The minimum absolute atomic E-state index is 0.0271. The van der Waals surface area contributed by atoms with E-state index in [0.717, 1.165) is 6.42 Å². The molecule has 0 spiro atoms. The van der Waals surface area contributed by atoms with Crippen molar-refractivity contribution in [2.45, 2.75) is 13.3 Å². The smallest absolute Gasteiger partial charge is 0.250 e. The van der Waals surface area contributed by atoms with E-state index in [4.69, 9.17) is 22.7 Å². The number of carbonyl (C=O) groups excluding carboxylic acids is 1. The second-order valence-electron chi connectivity index (χ2n) is 3.65. The summed E-state index contributed by atoms with van der Waals surface area (Å²) in [7, 11) is 0. The van der Waals surface area contributed by atoms with Crippen molar-refractivity contribution in [3.8, 4) is 0 Å². The minimum Gasteiger partial charge on any atom is -0.389 e. The molecule has 98 valence electrons. The van der Waals surface area contributed by atoms with Crippen LogP contribution in [0.3, 0.4) is 0 Å². The average molecular weight is 270 g/mol. The summed E-state index contributed by atoms with van der Waals surface area (Å²) in [5.41, 5.74) is 6.15. The van der Waals surface area contributed by atoms with E-state index in [-0.39, 0.29) is 17.5 Å². The van der Waals surface area contributed by atoms with Crippen LogP contribution in [-0.4, -0.2) is 24.1 Å². The Morgan fingerprint density at radius 3 is 2.89 bits per heavy atom. The van der Waals surface area contributed by atoms with Crippen molar-refractivity contribution in [2.75, 3.05) is 18.5 Å². The number of carbonyl (C=O) groups is 1. The van der Waals surface area contributed by atoms with Crippen molar-refractivity contribution in [3.05, 3.63) is 29.6 Å². The monoisotopic (exact) mass is 270 g/mol. The molecule has 0 saturated carbocycles. The van der Waals surface area contributed by atoms with Gasteiger partial charge in [-0.25, -0.2) is 4.39 Å². The number of thiocarbonyl (C=S) groups is 1. The molecule has 0 aromatic heterocycles. The number of ether oxygens (including phenoxy) is 1. The summed E-state index contributed by atoms with van der Waals surface area (Å²) < 4.78 is 18.1. The normalized spacial score (nSPS) is 10.1. The number of hydrogen-bond acceptors (Lipinski definition) is 3. The molecule has 0 unspecified atom stereocenters. The molecule has 18 heavy (non-hydrogen) atoms. The molecule has 0 heterocycles. The fourth-order valence-electron chi connectivity index (χ4n) is 1.32. The van der Waals surface area contributed by atoms with E-state index in [0.29, 0.717) is 17.9 Å². The molecule has 0 radical (unpaired) electrons. The Morgan fingerprint density at radius 1 is 1.56 bits per heavy atom. The highest BCUT2D eigenvalue weighted by Crippen LogP contribution is 2.16. The highest BCUT2D eigenvalue weighted by molar-refractivity contribution is 7.80. The van der Waals surface area contributed by atoms with E-state index < -0.39 is 5.82 Å². The highest BCUT2D eigenvalue weighted by Gasteiger charge is 2.10. The van der Waals surface area contributed by atoms with Crippen molar-refractivity contribution < 1.29 is 13.9 Å². The summed E-state index contributed by atoms with van der Waals surface area (Å²) >= 11 is 4.80. The standard InChI is InChI=1S/C12H15FN2O2S/c1-2-5-17-7-11(16)15-10-4-3-8(13)6-9(10)12(14)18/h3-4,6H,2,5,7H2,1H3,(H2,14,18)(H,15,16). The van der Waals surface area contributed by atoms with Gasteiger partial charge in [0.15, 0.2) is 0 Å². The van der Waals surface area contributed by atoms with E-state index in [1.807, 2.05) is 6.92 Å². The Morgan fingerprint density at radius 2 is 2.28 bits per heavy atom. The number of nitrogens with one attached hydrogen (secondary N) is 1. The summed E-state index contributed by atoms with van der Waals surface area (Å²) in [5.74, 6) is -0.786. The fraction of sp³-hybridized carbons (Fsp3) is 0.333. The van der Waals surface area contributed by atoms with E-state index in [1.54, 1.807) is 0 Å². The lowest BCUT2D eigenvalue weighted by atomic mass is 10.1. The number of rotatable bonds is 6. The lowest BCUT2D eigenvalue weighted by Crippen LogP contribution is -2.21. The van der Waals surface area contributed by atoms with Crippen LogP contribution in [0.15, 0.2) is 18.2 Å². The van der Waals surface area contributed by atoms with Crippen LogP contribution in [0.5, 0.6) is 0 Å². The topological polar surface area (TPSA) is 64.3 Å². The number of nitrogens with two attached hydrogens (primary N) is 1. The van der Waals surface area contributed by atoms with Crippen LogP contribution in [0.1, 0.15) is 18.9 Å². The Hall–Kier alpha value is -1.53. The van der Waals surface area contributed by atoms with Crippen molar-refractivity contribution in [1.29, 1.82) is 0 Å². The zero-order valence-corrected chi connectivity index (χ0v) is 10.8. The number of halogens is 1. The predicted octanol–water partition coefficient (Wildman–Crippen LogP) is 1.82. The van der Waals surface area contributed by atoms with Gasteiger partial charge in [0.2, 0.25) is 5.91 Å². The van der Waals surface area contributed by atoms with E-state index in [2.05, 4.69) is 5.32 Å². The average Bonchev–Trinajstić information content (AvgIpc) is 2.31. The molecule has 0 aliphatic heterocycles. The lowest BCUT2D eigenvalue weighted by Gasteiger charge is -2.10. The number of benzene rings is 1. The summed E-state index contributed by atoms with van der Waals surface area (Å²) in [4.78, 5) is 11.6. The Bertz CT molecular complexity index is 452. The van der Waals surface area contributed by atoms with E-state index in [9.17, 15) is 9.18 Å². The molecule has 1 amide bonds. The summed E-state index contributed by atoms with van der Waals surface area (Å²) in [5, 5.41) is 2.58. The Balaban J connectivity index is 2.72. The molecule has 0 aliphatic rings. The number of anilines is 1. The third-order valence-corrected chi connectivity index (χ3v) is 2.32. The fourth-order valence-corrected chi connectivity index (χ4v) is 1.49. The van der Waals surface area contributed by atoms with Crippen LogP contribution in [0.25, 0.3) is 0 Å². The SMILES string of the molecule is CCCOCC(=O)Nc1ccc(F)cc1C(N)=S. The van der Waals surface area contributed by atoms with Gasteiger partial charge in [0, 0.05) is 12.2 Å². The molecule has 0 fully saturated rings. The molecule has 0 atom stereocenters. The second kappa shape index (κ2) is 7.03. The van der Waals surface area contributed by atoms with Gasteiger partial charge in [-0.3, -0.25) is 4.79 Å². The molecule has 0 saturated heterocycles. The second-order valence-corrected chi connectivity index (χ2v) is 4.09. The van der Waals surface area contributed by atoms with Gasteiger partial charge in [-0.05, 0) is 24.6 Å². The molecule has 1 aromatic rings. The zero-order chi connectivity index (χ0) is 13.5. The molecule has 1 aromatic carbocycles. The number of hydrogen-bond donors (Lipinski definition) is 2. The van der Waals surface area contributed by atoms with Crippen LogP contribution in [0.4, 0.5) is 10.1 Å². The van der Waals surface area contributed by atoms with Crippen LogP contribution in [-0.2, 0) is 9.53 Å². The van der Waals surface area contributed by atoms with Gasteiger partial charge in [0.05, 0.1) is 5.69 Å². The van der Waals surface area contributed by atoms with Crippen molar-refractivity contribution in [3.63, 3.8) is 0 Å². The largest absolute Gasteiger partial charge is 0.389 e. The van der Waals surface area contributed by atoms with Gasteiger partial charge < -0.3 is 15.8 Å². The first-order valence-electron chi connectivity index (χ1n) is 5.51. The van der Waals surface area contributed by atoms with Crippen LogP contribution >= 0.6 is 12.2 Å². The van der Waals surface area contributed by atoms with Gasteiger partial charge in [-0.15, -0.1) is 0 Å². The predicted molar refractivity (Wildman–Crippen MR) is 72.0 cm³/mol. The van der Waals surface area contributed by atoms with Crippen molar-refractivity contribution >= 4 is 28.8 Å². The Kier molecular flexibility index (Phi) is 5.67. The van der Waals surface area contributed by atoms with Crippen molar-refractivity contribution in [1.82, 2.24) is 0 Å². The maximum absolute atomic E-state index is 13.0. The van der Waals surface area contributed by atoms with Crippen molar-refractivity contribution in [2.24, 2.45) is 5.73 Å². The summed E-state index contributed by atoms with van der Waals surface area (Å²) in [6, 6.07) is 3.83. The maximum Gasteiger partial charge on any atom is 0.250 e. The third-order valence-electron chi connectivity index (χ3n) is 2.10. The molecule has 4 nitrogen and oxygen atoms in total. The molecule has 3 N–H and O–H groups in total. The quantitative estimate of drug-likeness (QED) is 0.611. The first-order chi connectivity index (χ1) is 8.54. The van der Waals surface area contributed by atoms with E-state index >= 15 is 0 Å². The van der Waals surface area contributed by atoms with E-state index in [1.165, 1.54) is 18.2 Å². The highest BCUT2D eigenvalue weighted by atomic mass is 32.1. The van der Waals surface area contributed by atoms with Gasteiger partial charge in [-0.1, -0.05) is 19.1 Å². The molecule has 6 heteroatoms. The lowest BCUT2D eigenvalue weighted by molar-refractivity contribution is -0.120. The molecular formula is C12H15FN2O2S. The molecule has 0 aliphatic carbocycles. The van der Waals surface area contributed by atoms with Gasteiger partial charge in [0.1, 0.15) is 17.4 Å². The van der Waals surface area contributed by atoms with Crippen LogP contribution in [0, 0.1) is 5.82 Å². The maximum atomic E-state index is 13.0. The zero-order valence-electron chi connectivity index (χ0n) is 10.0. The number of amides is 1. The molecule has 0 bridgehead atoms. The molecular weight excluding hydrogens is 255 g/mol. The van der Waals surface area contributed by atoms with Crippen LogP contribution in [0.2, 0.25) is 0 Å². The van der Waals surface area contributed by atoms with Gasteiger partial charge in [-0.2, -0.15) is 0 Å². The molecule has 1 rings (SSSR count). The first kappa shape index (κ1) is 14.5. The summed E-state index contributed by atoms with van der Waals surface area (Å²) in [6.07, 6.45) is 0.835. The van der Waals surface area contributed by atoms with Gasteiger partial charge in [0.25, 0.3) is 0 Å². The summed E-state index contributed by atoms with van der Waals surface area (Å²) in [6.45, 7) is 2.41.